The Labute approximate surface area is 211 Å². The van der Waals surface area contributed by atoms with Crippen LogP contribution in [-0.4, -0.2) is 26.4 Å². The first-order chi connectivity index (χ1) is 16.5. The van der Waals surface area contributed by atoms with E-state index in [0.717, 1.165) is 65.8 Å². The number of aldehydes is 1. The quantitative estimate of drug-likeness (QED) is 0.258. The molecule has 0 saturated heterocycles. The normalized spacial score (nSPS) is 12.7. The number of carbonyl (C=O) groups is 2. The standard InChI is InChI=1S/C30H43NO4/c1-9-10-11-12-21(24-15-14-23(34-7)19-27(24)35-8)17-28(33)31-26-18-22(30(5,6)20-32)13-16-25(26)29(2,3)4/h13-16,18-21H,9-12,17H2,1-8H3,(H,31,33). The average molecular weight is 482 g/mol. The van der Waals surface area contributed by atoms with Crippen molar-refractivity contribution < 1.29 is 19.1 Å². The van der Waals surface area contributed by atoms with Crippen molar-refractivity contribution in [1.82, 2.24) is 0 Å². The highest BCUT2D eigenvalue weighted by Crippen LogP contribution is 2.37. The molecule has 0 bridgehead atoms. The smallest absolute Gasteiger partial charge is 0.224 e. The van der Waals surface area contributed by atoms with Gasteiger partial charge < -0.3 is 19.6 Å². The first kappa shape index (κ1) is 28.4. The van der Waals surface area contributed by atoms with Gasteiger partial charge in [-0.15, -0.1) is 0 Å². The second-order valence-electron chi connectivity index (χ2n) is 10.9. The van der Waals surface area contributed by atoms with Gasteiger partial charge in [0.1, 0.15) is 17.8 Å². The number of ether oxygens (including phenoxy) is 2. The van der Waals surface area contributed by atoms with E-state index in [1.165, 1.54) is 0 Å². The second-order valence-corrected chi connectivity index (χ2v) is 10.9. The van der Waals surface area contributed by atoms with Crippen LogP contribution in [0.5, 0.6) is 11.5 Å². The van der Waals surface area contributed by atoms with Gasteiger partial charge in [0, 0.05) is 23.6 Å². The summed E-state index contributed by atoms with van der Waals surface area (Å²) in [5.74, 6) is 1.45. The summed E-state index contributed by atoms with van der Waals surface area (Å²) in [5.41, 5.74) is 2.92. The lowest BCUT2D eigenvalue weighted by molar-refractivity contribution is -0.116. The van der Waals surface area contributed by atoms with E-state index in [1.807, 2.05) is 50.2 Å². The zero-order chi connectivity index (χ0) is 26.2. The Hall–Kier alpha value is -2.82. The topological polar surface area (TPSA) is 64.6 Å². The van der Waals surface area contributed by atoms with Gasteiger partial charge in [0.2, 0.25) is 5.91 Å². The molecule has 0 aliphatic carbocycles. The van der Waals surface area contributed by atoms with E-state index in [4.69, 9.17) is 9.47 Å². The Bertz CT molecular complexity index is 1000. The van der Waals surface area contributed by atoms with Gasteiger partial charge in [-0.2, -0.15) is 0 Å². The number of unbranched alkanes of at least 4 members (excludes halogenated alkanes) is 2. The van der Waals surface area contributed by atoms with Crippen molar-refractivity contribution >= 4 is 17.9 Å². The van der Waals surface area contributed by atoms with Crippen LogP contribution in [0, 0.1) is 0 Å². The predicted octanol–water partition coefficient (Wildman–Crippen LogP) is 7.17. The SMILES string of the molecule is CCCCCC(CC(=O)Nc1cc(C(C)(C)C=O)ccc1C(C)(C)C)c1ccc(OC)cc1OC. The number of methoxy groups -OCH3 is 2. The number of rotatable bonds is 12. The zero-order valence-electron chi connectivity index (χ0n) is 22.8. The number of amides is 1. The van der Waals surface area contributed by atoms with Crippen LogP contribution in [-0.2, 0) is 20.4 Å². The highest BCUT2D eigenvalue weighted by molar-refractivity contribution is 5.92. The van der Waals surface area contributed by atoms with Crippen LogP contribution < -0.4 is 14.8 Å². The molecule has 0 aromatic heterocycles. The summed E-state index contributed by atoms with van der Waals surface area (Å²) < 4.78 is 11.0. The highest BCUT2D eigenvalue weighted by Gasteiger charge is 2.26. The van der Waals surface area contributed by atoms with Crippen molar-refractivity contribution in [2.75, 3.05) is 19.5 Å². The molecule has 35 heavy (non-hydrogen) atoms. The minimum atomic E-state index is -0.630. The molecular formula is C30H43NO4. The maximum absolute atomic E-state index is 13.4. The van der Waals surface area contributed by atoms with Crippen molar-refractivity contribution in [3.63, 3.8) is 0 Å². The van der Waals surface area contributed by atoms with Gasteiger partial charge in [-0.3, -0.25) is 4.79 Å². The molecule has 0 aliphatic heterocycles. The van der Waals surface area contributed by atoms with E-state index in [9.17, 15) is 9.59 Å². The predicted molar refractivity (Wildman–Crippen MR) is 144 cm³/mol. The first-order valence-corrected chi connectivity index (χ1v) is 12.6. The van der Waals surface area contributed by atoms with Crippen LogP contribution in [0.4, 0.5) is 5.69 Å². The molecule has 192 valence electrons. The molecule has 1 amide bonds. The van der Waals surface area contributed by atoms with Crippen LogP contribution in [0.3, 0.4) is 0 Å². The number of carbonyl (C=O) groups excluding carboxylic acids is 2. The molecule has 2 aromatic rings. The number of nitrogens with one attached hydrogen (secondary N) is 1. The first-order valence-electron chi connectivity index (χ1n) is 12.6. The monoisotopic (exact) mass is 481 g/mol. The highest BCUT2D eigenvalue weighted by atomic mass is 16.5. The van der Waals surface area contributed by atoms with Gasteiger partial charge in [0.25, 0.3) is 0 Å². The maximum atomic E-state index is 13.4. The summed E-state index contributed by atoms with van der Waals surface area (Å²) in [5, 5.41) is 3.18. The van der Waals surface area contributed by atoms with Crippen LogP contribution in [0.15, 0.2) is 36.4 Å². The third kappa shape index (κ3) is 7.58. The van der Waals surface area contributed by atoms with Gasteiger partial charge >= 0.3 is 0 Å². The molecular weight excluding hydrogens is 438 g/mol. The van der Waals surface area contributed by atoms with Crippen molar-refractivity contribution in [3.8, 4) is 11.5 Å². The van der Waals surface area contributed by atoms with Crippen molar-refractivity contribution in [1.29, 1.82) is 0 Å². The molecule has 0 saturated carbocycles. The fraction of sp³-hybridized carbons (Fsp3) is 0.533. The number of anilines is 1. The van der Waals surface area contributed by atoms with E-state index in [0.29, 0.717) is 6.42 Å². The van der Waals surface area contributed by atoms with E-state index in [1.54, 1.807) is 14.2 Å². The molecule has 5 heteroatoms. The minimum absolute atomic E-state index is 0.0232. The minimum Gasteiger partial charge on any atom is -0.497 e. The fourth-order valence-corrected chi connectivity index (χ4v) is 4.36. The Morgan fingerprint density at radius 1 is 1.00 bits per heavy atom. The molecule has 0 spiro atoms. The van der Waals surface area contributed by atoms with Gasteiger partial charge in [-0.1, -0.05) is 65.2 Å². The number of benzene rings is 2. The van der Waals surface area contributed by atoms with Crippen molar-refractivity contribution in [3.05, 3.63) is 53.1 Å². The fourth-order valence-electron chi connectivity index (χ4n) is 4.36. The van der Waals surface area contributed by atoms with Crippen LogP contribution >= 0.6 is 0 Å². The van der Waals surface area contributed by atoms with Crippen molar-refractivity contribution in [2.24, 2.45) is 0 Å². The Morgan fingerprint density at radius 2 is 1.71 bits per heavy atom. The molecule has 1 N–H and O–H groups in total. The largest absolute Gasteiger partial charge is 0.497 e. The molecule has 0 heterocycles. The van der Waals surface area contributed by atoms with E-state index < -0.39 is 5.41 Å². The Balaban J connectivity index is 2.39. The van der Waals surface area contributed by atoms with Gasteiger partial charge in [-0.05, 0) is 60.4 Å². The number of hydrogen-bond donors (Lipinski definition) is 1. The summed E-state index contributed by atoms with van der Waals surface area (Å²) >= 11 is 0. The summed E-state index contributed by atoms with van der Waals surface area (Å²) in [7, 11) is 3.28. The maximum Gasteiger partial charge on any atom is 0.224 e. The van der Waals surface area contributed by atoms with Crippen LogP contribution in [0.1, 0.15) is 96.3 Å². The lowest BCUT2D eigenvalue weighted by Crippen LogP contribution is -2.23. The Kier molecular flexibility index (Phi) is 9.93. The van der Waals surface area contributed by atoms with Crippen LogP contribution in [0.25, 0.3) is 0 Å². The van der Waals surface area contributed by atoms with Crippen molar-refractivity contribution in [2.45, 2.75) is 90.4 Å². The molecule has 0 fully saturated rings. The van der Waals surface area contributed by atoms with E-state index in [-0.39, 0.29) is 17.2 Å². The zero-order valence-corrected chi connectivity index (χ0v) is 22.8. The summed E-state index contributed by atoms with van der Waals surface area (Å²) in [4.78, 5) is 25.1. The third-order valence-corrected chi connectivity index (χ3v) is 6.61. The molecule has 1 unspecified atom stereocenters. The summed E-state index contributed by atoms with van der Waals surface area (Å²) in [6.45, 7) is 12.3. The summed E-state index contributed by atoms with van der Waals surface area (Å²) in [6, 6.07) is 11.8. The molecule has 5 nitrogen and oxygen atoms in total. The lowest BCUT2D eigenvalue weighted by Gasteiger charge is -2.27. The average Bonchev–Trinajstić information content (AvgIpc) is 2.82. The molecule has 0 radical (unpaired) electrons. The van der Waals surface area contributed by atoms with Gasteiger partial charge in [0.05, 0.1) is 14.2 Å². The third-order valence-electron chi connectivity index (χ3n) is 6.61. The van der Waals surface area contributed by atoms with Gasteiger partial charge in [-0.25, -0.2) is 0 Å². The molecule has 0 aliphatic rings. The van der Waals surface area contributed by atoms with Crippen LogP contribution in [0.2, 0.25) is 0 Å². The van der Waals surface area contributed by atoms with Gasteiger partial charge in [0.15, 0.2) is 0 Å². The lowest BCUT2D eigenvalue weighted by atomic mass is 9.80. The van der Waals surface area contributed by atoms with E-state index >= 15 is 0 Å². The molecule has 1 atom stereocenters. The summed E-state index contributed by atoms with van der Waals surface area (Å²) in [6.07, 6.45) is 5.47. The van der Waals surface area contributed by atoms with E-state index in [2.05, 4.69) is 33.0 Å². The molecule has 2 aromatic carbocycles. The number of hydrogen-bond acceptors (Lipinski definition) is 4. The molecule has 2 rings (SSSR count). The Morgan fingerprint density at radius 3 is 2.29 bits per heavy atom. The second kappa shape index (κ2) is 12.2.